The minimum Gasteiger partial charge on any atom is -0.311 e. The number of hydrogen-bond acceptors (Lipinski definition) is 3. The van der Waals surface area contributed by atoms with Gasteiger partial charge in [-0.3, -0.25) is 0 Å². The van der Waals surface area contributed by atoms with E-state index < -0.39 is 0 Å². The van der Waals surface area contributed by atoms with Crippen LogP contribution in [0.3, 0.4) is 0 Å². The topological polar surface area (TPSA) is 24.9 Å². The third-order valence-electron chi connectivity index (χ3n) is 2.67. The van der Waals surface area contributed by atoms with Crippen LogP contribution in [-0.4, -0.2) is 12.0 Å². The molecule has 4 heteroatoms. The summed E-state index contributed by atoms with van der Waals surface area (Å²) in [7, 11) is 1.90. The Kier molecular flexibility index (Phi) is 3.86. The predicted molar refractivity (Wildman–Crippen MR) is 68.8 cm³/mol. The average Bonchev–Trinajstić information content (AvgIpc) is 2.73. The van der Waals surface area contributed by atoms with Crippen molar-refractivity contribution in [1.29, 1.82) is 0 Å². The van der Waals surface area contributed by atoms with Crippen molar-refractivity contribution in [2.75, 3.05) is 7.05 Å². The van der Waals surface area contributed by atoms with Crippen LogP contribution in [0.15, 0.2) is 29.6 Å². The zero-order valence-electron chi connectivity index (χ0n) is 9.90. The van der Waals surface area contributed by atoms with Crippen LogP contribution >= 0.6 is 11.3 Å². The zero-order chi connectivity index (χ0) is 12.3. The lowest BCUT2D eigenvalue weighted by Gasteiger charge is -2.13. The molecule has 1 N–H and O–H groups in total. The summed E-state index contributed by atoms with van der Waals surface area (Å²) in [5, 5.41) is 6.33. The van der Waals surface area contributed by atoms with Crippen LogP contribution in [0.4, 0.5) is 4.39 Å². The first kappa shape index (κ1) is 12.2. The maximum Gasteiger partial charge on any atom is 0.123 e. The Bertz CT molecular complexity index is 496. The highest BCUT2D eigenvalue weighted by molar-refractivity contribution is 7.09. The summed E-state index contributed by atoms with van der Waals surface area (Å²) in [6, 6.07) is 6.85. The lowest BCUT2D eigenvalue weighted by atomic mass is 10.0. The van der Waals surface area contributed by atoms with Crippen molar-refractivity contribution in [3.8, 4) is 0 Å². The summed E-state index contributed by atoms with van der Waals surface area (Å²) in [4.78, 5) is 4.46. The fourth-order valence-corrected chi connectivity index (χ4v) is 2.46. The SMILES string of the molecule is CNC(Cc1cccc(F)c1)c1csc(C)n1. The highest BCUT2D eigenvalue weighted by Crippen LogP contribution is 2.20. The number of benzene rings is 1. The molecule has 1 heterocycles. The average molecular weight is 250 g/mol. The minimum absolute atomic E-state index is 0.141. The van der Waals surface area contributed by atoms with Gasteiger partial charge in [0.05, 0.1) is 16.7 Å². The molecule has 0 aliphatic rings. The Morgan fingerprint density at radius 1 is 1.47 bits per heavy atom. The molecule has 0 spiro atoms. The van der Waals surface area contributed by atoms with Gasteiger partial charge in [0.2, 0.25) is 0 Å². The van der Waals surface area contributed by atoms with Crippen molar-refractivity contribution in [2.45, 2.75) is 19.4 Å². The molecule has 0 fully saturated rings. The summed E-state index contributed by atoms with van der Waals surface area (Å²) < 4.78 is 13.1. The Morgan fingerprint density at radius 3 is 2.88 bits per heavy atom. The summed E-state index contributed by atoms with van der Waals surface area (Å²) in [6.07, 6.45) is 0.747. The van der Waals surface area contributed by atoms with Gasteiger partial charge in [0, 0.05) is 5.38 Å². The number of nitrogens with zero attached hydrogens (tertiary/aromatic N) is 1. The number of halogens is 1. The smallest absolute Gasteiger partial charge is 0.123 e. The molecule has 0 amide bonds. The first-order valence-electron chi connectivity index (χ1n) is 5.53. The molecule has 0 aliphatic heterocycles. The Balaban J connectivity index is 2.15. The number of nitrogens with one attached hydrogen (secondary N) is 1. The van der Waals surface area contributed by atoms with Gasteiger partial charge in [0.25, 0.3) is 0 Å². The van der Waals surface area contributed by atoms with E-state index in [0.29, 0.717) is 0 Å². The third kappa shape index (κ3) is 3.11. The van der Waals surface area contributed by atoms with E-state index in [4.69, 9.17) is 0 Å². The van der Waals surface area contributed by atoms with Crippen LogP contribution in [0.1, 0.15) is 22.3 Å². The molecule has 1 aromatic heterocycles. The van der Waals surface area contributed by atoms with Gasteiger partial charge in [-0.05, 0) is 38.1 Å². The predicted octanol–water partition coefficient (Wildman–Crippen LogP) is 3.09. The summed E-state index contributed by atoms with van der Waals surface area (Å²) >= 11 is 1.64. The van der Waals surface area contributed by atoms with Crippen molar-refractivity contribution < 1.29 is 4.39 Å². The number of thiazole rings is 1. The van der Waals surface area contributed by atoms with Crippen molar-refractivity contribution >= 4 is 11.3 Å². The van der Waals surface area contributed by atoms with Gasteiger partial charge in [-0.2, -0.15) is 0 Å². The lowest BCUT2D eigenvalue weighted by Crippen LogP contribution is -2.19. The highest BCUT2D eigenvalue weighted by atomic mass is 32.1. The van der Waals surface area contributed by atoms with Crippen LogP contribution in [0.2, 0.25) is 0 Å². The Labute approximate surface area is 105 Å². The summed E-state index contributed by atoms with van der Waals surface area (Å²) in [5.74, 6) is -0.188. The van der Waals surface area contributed by atoms with Crippen LogP contribution in [0, 0.1) is 12.7 Å². The van der Waals surface area contributed by atoms with Crippen LogP contribution in [-0.2, 0) is 6.42 Å². The van der Waals surface area contributed by atoms with E-state index >= 15 is 0 Å². The molecule has 1 atom stereocenters. The number of hydrogen-bond donors (Lipinski definition) is 1. The normalized spacial score (nSPS) is 12.6. The van der Waals surface area contributed by atoms with E-state index in [9.17, 15) is 4.39 Å². The van der Waals surface area contributed by atoms with Gasteiger partial charge in [0.1, 0.15) is 5.82 Å². The number of aromatic nitrogens is 1. The third-order valence-corrected chi connectivity index (χ3v) is 3.46. The van der Waals surface area contributed by atoms with Gasteiger partial charge >= 0.3 is 0 Å². The first-order chi connectivity index (χ1) is 8.19. The van der Waals surface area contributed by atoms with Crippen molar-refractivity contribution in [1.82, 2.24) is 10.3 Å². The molecule has 0 saturated carbocycles. The van der Waals surface area contributed by atoms with Gasteiger partial charge in [-0.15, -0.1) is 11.3 Å². The second kappa shape index (κ2) is 5.38. The van der Waals surface area contributed by atoms with E-state index in [0.717, 1.165) is 22.7 Å². The molecule has 17 heavy (non-hydrogen) atoms. The maximum atomic E-state index is 13.1. The molecule has 0 bridgehead atoms. The molecular weight excluding hydrogens is 235 g/mol. The molecule has 0 aliphatic carbocycles. The van der Waals surface area contributed by atoms with E-state index in [2.05, 4.69) is 15.7 Å². The molecule has 0 saturated heterocycles. The molecule has 2 aromatic rings. The summed E-state index contributed by atoms with van der Waals surface area (Å²) in [5.41, 5.74) is 2.01. The van der Waals surface area contributed by atoms with E-state index in [-0.39, 0.29) is 11.9 Å². The molecule has 1 aromatic carbocycles. The van der Waals surface area contributed by atoms with Crippen LogP contribution in [0.5, 0.6) is 0 Å². The zero-order valence-corrected chi connectivity index (χ0v) is 10.7. The van der Waals surface area contributed by atoms with Crippen LogP contribution in [0.25, 0.3) is 0 Å². The molecule has 2 rings (SSSR count). The molecule has 90 valence electrons. The fourth-order valence-electron chi connectivity index (χ4n) is 1.79. The number of aryl methyl sites for hydroxylation is 1. The maximum absolute atomic E-state index is 13.1. The monoisotopic (exact) mass is 250 g/mol. The quantitative estimate of drug-likeness (QED) is 0.902. The van der Waals surface area contributed by atoms with Crippen molar-refractivity contribution in [3.63, 3.8) is 0 Å². The van der Waals surface area contributed by atoms with E-state index in [1.165, 1.54) is 6.07 Å². The fraction of sp³-hybridized carbons (Fsp3) is 0.308. The summed E-state index contributed by atoms with van der Waals surface area (Å²) in [6.45, 7) is 1.99. The molecule has 1 unspecified atom stereocenters. The number of rotatable bonds is 4. The Morgan fingerprint density at radius 2 is 2.29 bits per heavy atom. The van der Waals surface area contributed by atoms with Crippen LogP contribution < -0.4 is 5.32 Å². The van der Waals surface area contributed by atoms with Crippen molar-refractivity contribution in [3.05, 3.63) is 51.7 Å². The van der Waals surface area contributed by atoms with E-state index in [1.807, 2.05) is 20.0 Å². The molecule has 0 radical (unpaired) electrons. The second-order valence-corrected chi connectivity index (χ2v) is 5.03. The van der Waals surface area contributed by atoms with Crippen molar-refractivity contribution in [2.24, 2.45) is 0 Å². The minimum atomic E-state index is -0.188. The molecular formula is C13H15FN2S. The van der Waals surface area contributed by atoms with Gasteiger partial charge in [0.15, 0.2) is 0 Å². The molecule has 2 nitrogen and oxygen atoms in total. The first-order valence-corrected chi connectivity index (χ1v) is 6.40. The second-order valence-electron chi connectivity index (χ2n) is 3.97. The van der Waals surface area contributed by atoms with Gasteiger partial charge < -0.3 is 5.32 Å². The Hall–Kier alpha value is -1.26. The number of likely N-dealkylation sites (N-methyl/N-ethyl adjacent to an activating group) is 1. The van der Waals surface area contributed by atoms with E-state index in [1.54, 1.807) is 23.5 Å². The standard InChI is InChI=1S/C13H15FN2S/c1-9-16-13(8-17-9)12(15-2)7-10-4-3-5-11(14)6-10/h3-6,8,12,15H,7H2,1-2H3. The lowest BCUT2D eigenvalue weighted by molar-refractivity contribution is 0.572. The largest absolute Gasteiger partial charge is 0.311 e. The highest BCUT2D eigenvalue weighted by Gasteiger charge is 2.13. The van der Waals surface area contributed by atoms with Gasteiger partial charge in [-0.25, -0.2) is 9.37 Å². The van der Waals surface area contributed by atoms with Gasteiger partial charge in [-0.1, -0.05) is 12.1 Å².